The van der Waals surface area contributed by atoms with Crippen LogP contribution in [0.25, 0.3) is 77.5 Å². The molecule has 1 aliphatic heterocycles. The van der Waals surface area contributed by atoms with Crippen molar-refractivity contribution in [2.75, 3.05) is 0 Å². The van der Waals surface area contributed by atoms with Gasteiger partial charge in [-0.1, -0.05) is 133 Å². The van der Waals surface area contributed by atoms with Gasteiger partial charge in [0, 0.05) is 21.5 Å². The van der Waals surface area contributed by atoms with Gasteiger partial charge in [0.1, 0.15) is 22.3 Å². The van der Waals surface area contributed by atoms with Crippen LogP contribution in [0.5, 0.6) is 0 Å². The summed E-state index contributed by atoms with van der Waals surface area (Å²) in [4.78, 5) is 0. The van der Waals surface area contributed by atoms with Crippen LogP contribution >= 0.6 is 0 Å². The molecule has 8 aromatic rings. The first-order chi connectivity index (χ1) is 23.8. The first kappa shape index (κ1) is 26.9. The maximum atomic E-state index is 6.18. The number of allylic oxidation sites excluding steroid dienone is 2. The smallest absolute Gasteiger partial charge is 0.136 e. The van der Waals surface area contributed by atoms with Crippen LogP contribution in [0.3, 0.4) is 0 Å². The molecule has 0 saturated heterocycles. The molecule has 1 aliphatic carbocycles. The summed E-state index contributed by atoms with van der Waals surface area (Å²) >= 11 is 0. The summed E-state index contributed by atoms with van der Waals surface area (Å²) in [5, 5.41) is 12.3. The number of benzene rings is 6. The zero-order valence-corrected chi connectivity index (χ0v) is 26.0. The highest BCUT2D eigenvalue weighted by molar-refractivity contribution is 6.13. The second-order valence-electron chi connectivity index (χ2n) is 12.6. The van der Waals surface area contributed by atoms with Crippen LogP contribution in [0.4, 0.5) is 0 Å². The van der Waals surface area contributed by atoms with Crippen molar-refractivity contribution in [3.8, 4) is 22.3 Å². The van der Waals surface area contributed by atoms with Crippen molar-refractivity contribution < 1.29 is 8.83 Å². The molecule has 0 saturated carbocycles. The average Bonchev–Trinajstić information content (AvgIpc) is 3.73. The number of rotatable bonds is 4. The fourth-order valence-electron chi connectivity index (χ4n) is 7.48. The molecule has 0 radical (unpaired) electrons. The molecule has 0 amide bonds. The lowest BCUT2D eigenvalue weighted by Crippen LogP contribution is -2.50. The molecule has 10 rings (SSSR count). The van der Waals surface area contributed by atoms with Gasteiger partial charge in [-0.25, -0.2) is 0 Å². The predicted molar refractivity (Wildman–Crippen MR) is 197 cm³/mol. The van der Waals surface area contributed by atoms with Gasteiger partial charge in [-0.3, -0.25) is 0 Å². The van der Waals surface area contributed by atoms with Crippen LogP contribution in [0.2, 0.25) is 0 Å². The van der Waals surface area contributed by atoms with Gasteiger partial charge in [-0.05, 0) is 57.6 Å². The minimum atomic E-state index is 0.158. The molecule has 2 N–H and O–H groups in total. The van der Waals surface area contributed by atoms with Crippen molar-refractivity contribution in [2.45, 2.75) is 12.1 Å². The first-order valence-electron chi connectivity index (χ1n) is 16.4. The van der Waals surface area contributed by atoms with Crippen molar-refractivity contribution in [1.29, 1.82) is 0 Å². The lowest BCUT2D eigenvalue weighted by molar-refractivity contribution is 0.555. The van der Waals surface area contributed by atoms with Crippen LogP contribution in [0, 0.1) is 0 Å². The SMILES string of the molecule is C1=CC2NC(c3ccc(-c4cccc5oc6ccccc6c45)cc3)=C(c3ccc(-c4cccc5oc6ccccc6c45)cc3)NC2C=C1. The van der Waals surface area contributed by atoms with E-state index in [9.17, 15) is 0 Å². The zero-order valence-electron chi connectivity index (χ0n) is 26.0. The van der Waals surface area contributed by atoms with E-state index in [-0.39, 0.29) is 12.1 Å². The lowest BCUT2D eigenvalue weighted by atomic mass is 9.92. The van der Waals surface area contributed by atoms with Crippen LogP contribution in [-0.4, -0.2) is 12.1 Å². The molecule has 3 heterocycles. The summed E-state index contributed by atoms with van der Waals surface area (Å²) in [6, 6.07) is 47.2. The van der Waals surface area contributed by atoms with E-state index in [4.69, 9.17) is 8.83 Å². The molecular formula is C44H30N2O2. The molecule has 0 bridgehead atoms. The van der Waals surface area contributed by atoms with Crippen molar-refractivity contribution >= 4 is 55.3 Å². The standard InChI is InChI=1S/C44H30N2O2/c1-5-15-37-33(9-1)41-31(11-7-17-39(41)47-37)27-19-23-29(24-20-27)43-44(46-36-14-4-3-13-35(36)45-43)30-25-21-28(22-26-30)32-12-8-18-40-42(32)34-10-2-6-16-38(34)48-40/h1-26,35-36,45-46H. The van der Waals surface area contributed by atoms with Crippen LogP contribution < -0.4 is 10.6 Å². The Hall–Kier alpha value is -6.26. The molecular weight excluding hydrogens is 588 g/mol. The fourth-order valence-corrected chi connectivity index (χ4v) is 7.48. The third-order valence-electron chi connectivity index (χ3n) is 9.78. The Balaban J connectivity index is 1.06. The number of furan rings is 2. The summed E-state index contributed by atoms with van der Waals surface area (Å²) < 4.78 is 12.4. The normalized spacial score (nSPS) is 17.2. The minimum absolute atomic E-state index is 0.158. The molecule has 2 aliphatic rings. The Kier molecular flexibility index (Phi) is 5.97. The van der Waals surface area contributed by atoms with Crippen molar-refractivity contribution in [3.63, 3.8) is 0 Å². The average molecular weight is 619 g/mol. The molecule has 4 nitrogen and oxygen atoms in total. The number of nitrogens with one attached hydrogen (secondary N) is 2. The highest BCUT2D eigenvalue weighted by Crippen LogP contribution is 2.39. The van der Waals surface area contributed by atoms with Crippen molar-refractivity contribution in [3.05, 3.63) is 169 Å². The summed E-state index contributed by atoms with van der Waals surface area (Å²) in [5.41, 5.74) is 12.7. The second-order valence-corrected chi connectivity index (χ2v) is 12.6. The minimum Gasteiger partial charge on any atom is -0.456 e. The largest absolute Gasteiger partial charge is 0.456 e. The Bertz CT molecular complexity index is 2430. The van der Waals surface area contributed by atoms with E-state index in [0.717, 1.165) is 77.5 Å². The molecule has 4 heteroatoms. The summed E-state index contributed by atoms with van der Waals surface area (Å²) in [7, 11) is 0. The van der Waals surface area contributed by atoms with E-state index in [1.165, 1.54) is 11.1 Å². The molecule has 228 valence electrons. The second kappa shape index (κ2) is 10.6. The van der Waals surface area contributed by atoms with Gasteiger partial charge in [-0.15, -0.1) is 0 Å². The van der Waals surface area contributed by atoms with Crippen LogP contribution in [0.1, 0.15) is 11.1 Å². The van der Waals surface area contributed by atoms with E-state index in [2.05, 4.69) is 132 Å². The Labute approximate surface area is 277 Å². The monoisotopic (exact) mass is 618 g/mol. The molecule has 0 spiro atoms. The lowest BCUT2D eigenvalue weighted by Gasteiger charge is -2.36. The molecule has 48 heavy (non-hydrogen) atoms. The van der Waals surface area contributed by atoms with Gasteiger partial charge in [0.05, 0.1) is 23.5 Å². The summed E-state index contributed by atoms with van der Waals surface area (Å²) in [6.45, 7) is 0. The van der Waals surface area contributed by atoms with Gasteiger partial charge in [0.25, 0.3) is 0 Å². The van der Waals surface area contributed by atoms with Gasteiger partial charge < -0.3 is 19.5 Å². The van der Waals surface area contributed by atoms with E-state index in [0.29, 0.717) is 0 Å². The zero-order chi connectivity index (χ0) is 31.6. The van der Waals surface area contributed by atoms with Crippen LogP contribution in [-0.2, 0) is 0 Å². The van der Waals surface area contributed by atoms with Crippen molar-refractivity contribution in [1.82, 2.24) is 10.6 Å². The molecule has 6 aromatic carbocycles. The Morgan fingerprint density at radius 1 is 0.375 bits per heavy atom. The maximum absolute atomic E-state index is 6.18. The van der Waals surface area contributed by atoms with E-state index in [1.807, 2.05) is 36.4 Å². The summed E-state index contributed by atoms with van der Waals surface area (Å²) in [6.07, 6.45) is 8.69. The maximum Gasteiger partial charge on any atom is 0.136 e. The third-order valence-corrected chi connectivity index (χ3v) is 9.78. The first-order valence-corrected chi connectivity index (χ1v) is 16.4. The third kappa shape index (κ3) is 4.23. The fraction of sp³-hybridized carbons (Fsp3) is 0.0455. The molecule has 0 fully saturated rings. The summed E-state index contributed by atoms with van der Waals surface area (Å²) in [5.74, 6) is 0. The number of hydrogen-bond acceptors (Lipinski definition) is 4. The highest BCUT2D eigenvalue weighted by Gasteiger charge is 2.28. The predicted octanol–water partition coefficient (Wildman–Crippen LogP) is 10.7. The van der Waals surface area contributed by atoms with E-state index in [1.54, 1.807) is 0 Å². The topological polar surface area (TPSA) is 50.3 Å². The quantitative estimate of drug-likeness (QED) is 0.206. The Morgan fingerprint density at radius 2 is 0.771 bits per heavy atom. The number of hydrogen-bond donors (Lipinski definition) is 2. The highest BCUT2D eigenvalue weighted by atomic mass is 16.3. The Morgan fingerprint density at radius 3 is 1.23 bits per heavy atom. The number of para-hydroxylation sites is 2. The van der Waals surface area contributed by atoms with Gasteiger partial charge in [0.15, 0.2) is 0 Å². The van der Waals surface area contributed by atoms with E-state index < -0.39 is 0 Å². The van der Waals surface area contributed by atoms with Gasteiger partial charge in [0.2, 0.25) is 0 Å². The van der Waals surface area contributed by atoms with Crippen molar-refractivity contribution in [2.24, 2.45) is 0 Å². The van der Waals surface area contributed by atoms with Gasteiger partial charge in [-0.2, -0.15) is 0 Å². The molecule has 2 aromatic heterocycles. The van der Waals surface area contributed by atoms with Gasteiger partial charge >= 0.3 is 0 Å². The van der Waals surface area contributed by atoms with Crippen LogP contribution in [0.15, 0.2) is 167 Å². The number of fused-ring (bicyclic) bond motifs is 7. The molecule has 2 unspecified atom stereocenters. The van der Waals surface area contributed by atoms with E-state index >= 15 is 0 Å². The molecule has 2 atom stereocenters.